The number of carbonyl (C=O) groups excluding carboxylic acids is 2. The Hall–Kier alpha value is -3.16. The fraction of sp³-hybridized carbons (Fsp3) is 0.400. The third-order valence-electron chi connectivity index (χ3n) is 5.65. The molecule has 8 nitrogen and oxygen atoms in total. The second kappa shape index (κ2) is 6.47. The van der Waals surface area contributed by atoms with E-state index in [-0.39, 0.29) is 17.7 Å². The van der Waals surface area contributed by atoms with Crippen molar-refractivity contribution in [2.24, 2.45) is 0 Å². The molecule has 5 rings (SSSR count). The molecule has 1 saturated heterocycles. The van der Waals surface area contributed by atoms with Crippen LogP contribution in [0.2, 0.25) is 0 Å². The zero-order chi connectivity index (χ0) is 19.3. The number of rotatable bonds is 2. The number of aromatic nitrogens is 3. The second-order valence-electron chi connectivity index (χ2n) is 7.45. The maximum atomic E-state index is 12.9. The minimum atomic E-state index is -0.117. The Morgan fingerprint density at radius 3 is 2.71 bits per heavy atom. The van der Waals surface area contributed by atoms with Crippen molar-refractivity contribution in [3.05, 3.63) is 47.6 Å². The van der Waals surface area contributed by atoms with Gasteiger partial charge < -0.3 is 14.2 Å². The van der Waals surface area contributed by atoms with E-state index in [1.54, 1.807) is 22.7 Å². The summed E-state index contributed by atoms with van der Waals surface area (Å²) in [5, 5.41) is 4.36. The van der Waals surface area contributed by atoms with Gasteiger partial charge in [-0.25, -0.2) is 4.98 Å². The molecule has 144 valence electrons. The van der Waals surface area contributed by atoms with Crippen LogP contribution in [-0.2, 0) is 6.54 Å². The first kappa shape index (κ1) is 17.0. The summed E-state index contributed by atoms with van der Waals surface area (Å²) in [5.74, 6) is 0.752. The number of oxazole rings is 1. The van der Waals surface area contributed by atoms with Gasteiger partial charge >= 0.3 is 0 Å². The van der Waals surface area contributed by atoms with Crippen molar-refractivity contribution in [3.63, 3.8) is 0 Å². The highest BCUT2D eigenvalue weighted by molar-refractivity contribution is 5.98. The summed E-state index contributed by atoms with van der Waals surface area (Å²) in [7, 11) is 1.76. The Morgan fingerprint density at radius 1 is 1.14 bits per heavy atom. The standard InChI is InChI=1S/C20H21N5O3/c1-23-10-11-25-16(20(23)27)12-15(22-25)19(26)24-8-6-13(7-9-24)18-21-14-4-2-3-5-17(14)28-18/h2-5,12-13H,6-11H2,1H3. The lowest BCUT2D eigenvalue weighted by atomic mass is 9.96. The second-order valence-corrected chi connectivity index (χ2v) is 7.45. The molecule has 2 amide bonds. The van der Waals surface area contributed by atoms with E-state index in [0.29, 0.717) is 37.6 Å². The predicted octanol–water partition coefficient (Wildman–Crippen LogP) is 2.13. The summed E-state index contributed by atoms with van der Waals surface area (Å²) in [6, 6.07) is 9.37. The number of carbonyl (C=O) groups is 2. The molecule has 2 aliphatic heterocycles. The molecule has 0 saturated carbocycles. The fourth-order valence-electron chi connectivity index (χ4n) is 3.96. The molecule has 1 aromatic carbocycles. The third kappa shape index (κ3) is 2.76. The van der Waals surface area contributed by atoms with E-state index >= 15 is 0 Å². The number of nitrogens with zero attached hydrogens (tertiary/aromatic N) is 5. The van der Waals surface area contributed by atoms with Gasteiger partial charge in [0.1, 0.15) is 11.2 Å². The zero-order valence-electron chi connectivity index (χ0n) is 15.7. The Kier molecular flexibility index (Phi) is 3.92. The van der Waals surface area contributed by atoms with Gasteiger partial charge in [0, 0.05) is 38.7 Å². The molecule has 0 atom stereocenters. The third-order valence-corrected chi connectivity index (χ3v) is 5.65. The molecule has 2 aliphatic rings. The summed E-state index contributed by atoms with van der Waals surface area (Å²) >= 11 is 0. The average molecular weight is 379 g/mol. The highest BCUT2D eigenvalue weighted by Gasteiger charge is 2.31. The van der Waals surface area contributed by atoms with Crippen LogP contribution < -0.4 is 0 Å². The summed E-state index contributed by atoms with van der Waals surface area (Å²) in [6.45, 7) is 2.47. The molecule has 3 aromatic rings. The van der Waals surface area contributed by atoms with E-state index in [0.717, 1.165) is 29.8 Å². The number of para-hydroxylation sites is 2. The first-order valence-electron chi connectivity index (χ1n) is 9.58. The van der Waals surface area contributed by atoms with Gasteiger partial charge in [-0.05, 0) is 25.0 Å². The highest BCUT2D eigenvalue weighted by Crippen LogP contribution is 2.30. The fourth-order valence-corrected chi connectivity index (χ4v) is 3.96. The van der Waals surface area contributed by atoms with Crippen molar-refractivity contribution in [1.29, 1.82) is 0 Å². The molecule has 8 heteroatoms. The Labute approximate surface area is 161 Å². The first-order chi connectivity index (χ1) is 13.6. The van der Waals surface area contributed by atoms with Gasteiger partial charge in [0.25, 0.3) is 11.8 Å². The van der Waals surface area contributed by atoms with Gasteiger partial charge in [-0.3, -0.25) is 14.3 Å². The van der Waals surface area contributed by atoms with Gasteiger partial charge in [0.15, 0.2) is 17.2 Å². The molecule has 2 aromatic heterocycles. The topological polar surface area (TPSA) is 84.5 Å². The quantitative estimate of drug-likeness (QED) is 0.681. The largest absolute Gasteiger partial charge is 0.440 e. The number of benzene rings is 1. The van der Waals surface area contributed by atoms with Crippen molar-refractivity contribution >= 4 is 22.9 Å². The molecule has 4 heterocycles. The van der Waals surface area contributed by atoms with Crippen molar-refractivity contribution in [2.75, 3.05) is 26.7 Å². The lowest BCUT2D eigenvalue weighted by molar-refractivity contribution is 0.0696. The van der Waals surface area contributed by atoms with Crippen molar-refractivity contribution in [1.82, 2.24) is 24.6 Å². The molecule has 0 radical (unpaired) electrons. The van der Waals surface area contributed by atoms with Gasteiger partial charge in [-0.15, -0.1) is 0 Å². The number of amides is 2. The van der Waals surface area contributed by atoms with Crippen LogP contribution in [0.3, 0.4) is 0 Å². The van der Waals surface area contributed by atoms with Crippen LogP contribution in [0.15, 0.2) is 34.7 Å². The maximum absolute atomic E-state index is 12.9. The molecule has 0 bridgehead atoms. The van der Waals surface area contributed by atoms with Crippen LogP contribution >= 0.6 is 0 Å². The van der Waals surface area contributed by atoms with E-state index in [2.05, 4.69) is 10.1 Å². The number of fused-ring (bicyclic) bond motifs is 2. The van der Waals surface area contributed by atoms with Crippen LogP contribution in [0.25, 0.3) is 11.1 Å². The number of likely N-dealkylation sites (tertiary alicyclic amines) is 1. The highest BCUT2D eigenvalue weighted by atomic mass is 16.3. The predicted molar refractivity (Wildman–Crippen MR) is 101 cm³/mol. The van der Waals surface area contributed by atoms with Gasteiger partial charge in [0.2, 0.25) is 0 Å². The van der Waals surface area contributed by atoms with Gasteiger partial charge in [-0.2, -0.15) is 5.10 Å². The Balaban J connectivity index is 1.28. The van der Waals surface area contributed by atoms with Crippen molar-refractivity contribution in [3.8, 4) is 0 Å². The first-order valence-corrected chi connectivity index (χ1v) is 9.58. The summed E-state index contributed by atoms with van der Waals surface area (Å²) in [5.41, 5.74) is 2.50. The number of piperidine rings is 1. The smallest absolute Gasteiger partial charge is 0.274 e. The molecular weight excluding hydrogens is 358 g/mol. The monoisotopic (exact) mass is 379 g/mol. The van der Waals surface area contributed by atoms with Crippen LogP contribution in [0.1, 0.15) is 45.6 Å². The van der Waals surface area contributed by atoms with E-state index < -0.39 is 0 Å². The number of hydrogen-bond acceptors (Lipinski definition) is 5. The molecule has 0 N–H and O–H groups in total. The summed E-state index contributed by atoms with van der Waals surface area (Å²) in [6.07, 6.45) is 1.60. The molecule has 1 fully saturated rings. The zero-order valence-corrected chi connectivity index (χ0v) is 15.7. The minimum absolute atomic E-state index is 0.0903. The maximum Gasteiger partial charge on any atom is 0.274 e. The Bertz CT molecular complexity index is 1030. The molecule has 0 aliphatic carbocycles. The normalized spacial score (nSPS) is 18.0. The Morgan fingerprint density at radius 2 is 1.93 bits per heavy atom. The van der Waals surface area contributed by atoms with Crippen molar-refractivity contribution < 1.29 is 14.0 Å². The van der Waals surface area contributed by atoms with Gasteiger partial charge in [-0.1, -0.05) is 12.1 Å². The van der Waals surface area contributed by atoms with Crippen LogP contribution in [0, 0.1) is 0 Å². The van der Waals surface area contributed by atoms with Crippen LogP contribution in [-0.4, -0.2) is 63.1 Å². The van der Waals surface area contributed by atoms with E-state index in [1.165, 1.54) is 0 Å². The van der Waals surface area contributed by atoms with Crippen LogP contribution in [0.4, 0.5) is 0 Å². The molecule has 0 unspecified atom stereocenters. The molecular formula is C20H21N5O3. The SMILES string of the molecule is CN1CCn2nc(C(=O)N3CCC(c4nc5ccccc5o4)CC3)cc2C1=O. The van der Waals surface area contributed by atoms with E-state index in [1.807, 2.05) is 29.2 Å². The number of likely N-dealkylation sites (N-methyl/N-ethyl adjacent to an activating group) is 1. The minimum Gasteiger partial charge on any atom is -0.440 e. The van der Waals surface area contributed by atoms with E-state index in [4.69, 9.17) is 4.42 Å². The molecule has 28 heavy (non-hydrogen) atoms. The lowest BCUT2D eigenvalue weighted by Crippen LogP contribution is -2.38. The van der Waals surface area contributed by atoms with E-state index in [9.17, 15) is 9.59 Å². The van der Waals surface area contributed by atoms with Crippen LogP contribution in [0.5, 0.6) is 0 Å². The average Bonchev–Trinajstić information content (AvgIpc) is 3.35. The molecule has 0 spiro atoms. The summed E-state index contributed by atoms with van der Waals surface area (Å²) < 4.78 is 7.53. The van der Waals surface area contributed by atoms with Crippen molar-refractivity contribution in [2.45, 2.75) is 25.3 Å². The summed E-state index contributed by atoms with van der Waals surface area (Å²) in [4.78, 5) is 33.2. The number of hydrogen-bond donors (Lipinski definition) is 0. The lowest BCUT2D eigenvalue weighted by Gasteiger charge is -2.30. The van der Waals surface area contributed by atoms with Gasteiger partial charge in [0.05, 0.1) is 6.54 Å².